The van der Waals surface area contributed by atoms with Gasteiger partial charge >= 0.3 is 5.97 Å². The van der Waals surface area contributed by atoms with E-state index in [4.69, 9.17) is 4.74 Å². The van der Waals surface area contributed by atoms with Gasteiger partial charge in [-0.1, -0.05) is 13.3 Å². The number of ether oxygens (including phenoxy) is 1. The van der Waals surface area contributed by atoms with Gasteiger partial charge in [-0.2, -0.15) is 0 Å². The van der Waals surface area contributed by atoms with E-state index in [0.717, 1.165) is 31.6 Å². The summed E-state index contributed by atoms with van der Waals surface area (Å²) in [5.41, 5.74) is 0.657. The molecule has 0 amide bonds. The number of nitrogens with zero attached hydrogens (tertiary/aromatic N) is 1. The summed E-state index contributed by atoms with van der Waals surface area (Å²) < 4.78 is 7.36. The SMILES string of the molecule is CCCC1CCn2ccc(C(=O)OC(C)C)c2N1. The third kappa shape index (κ3) is 2.68. The zero-order chi connectivity index (χ0) is 13.1. The van der Waals surface area contributed by atoms with Crippen molar-refractivity contribution in [2.24, 2.45) is 0 Å². The van der Waals surface area contributed by atoms with Gasteiger partial charge in [-0.3, -0.25) is 0 Å². The van der Waals surface area contributed by atoms with Crippen molar-refractivity contribution in [3.8, 4) is 0 Å². The van der Waals surface area contributed by atoms with E-state index < -0.39 is 0 Å². The summed E-state index contributed by atoms with van der Waals surface area (Å²) in [6.45, 7) is 6.90. The summed E-state index contributed by atoms with van der Waals surface area (Å²) in [6, 6.07) is 2.32. The van der Waals surface area contributed by atoms with Gasteiger partial charge in [0.25, 0.3) is 0 Å². The van der Waals surface area contributed by atoms with Crippen molar-refractivity contribution >= 4 is 11.8 Å². The standard InChI is InChI=1S/C14H22N2O2/c1-4-5-11-6-8-16-9-7-12(13(16)15-11)14(17)18-10(2)3/h7,9-11,15H,4-6,8H2,1-3H3. The lowest BCUT2D eigenvalue weighted by molar-refractivity contribution is 0.0379. The lowest BCUT2D eigenvalue weighted by Crippen LogP contribution is -2.29. The molecule has 0 fully saturated rings. The number of anilines is 1. The summed E-state index contributed by atoms with van der Waals surface area (Å²) in [4.78, 5) is 12.0. The molecule has 0 saturated carbocycles. The molecular formula is C14H22N2O2. The fourth-order valence-electron chi connectivity index (χ4n) is 2.39. The number of hydrogen-bond acceptors (Lipinski definition) is 3. The second kappa shape index (κ2) is 5.46. The van der Waals surface area contributed by atoms with Crippen molar-refractivity contribution in [1.82, 2.24) is 4.57 Å². The average molecular weight is 250 g/mol. The van der Waals surface area contributed by atoms with Crippen LogP contribution in [-0.4, -0.2) is 22.7 Å². The van der Waals surface area contributed by atoms with Crippen LogP contribution >= 0.6 is 0 Å². The summed E-state index contributed by atoms with van der Waals surface area (Å²) >= 11 is 0. The van der Waals surface area contributed by atoms with Crippen molar-refractivity contribution < 1.29 is 9.53 Å². The van der Waals surface area contributed by atoms with E-state index in [0.29, 0.717) is 11.6 Å². The van der Waals surface area contributed by atoms with Crippen LogP contribution in [0.3, 0.4) is 0 Å². The van der Waals surface area contributed by atoms with Gasteiger partial charge in [-0.15, -0.1) is 0 Å². The number of nitrogens with one attached hydrogen (secondary N) is 1. The highest BCUT2D eigenvalue weighted by Crippen LogP contribution is 2.26. The van der Waals surface area contributed by atoms with E-state index in [2.05, 4.69) is 16.8 Å². The molecule has 4 heteroatoms. The minimum absolute atomic E-state index is 0.0805. The quantitative estimate of drug-likeness (QED) is 0.835. The van der Waals surface area contributed by atoms with Crippen LogP contribution in [0.2, 0.25) is 0 Å². The molecule has 0 bridgehead atoms. The third-order valence-corrected chi connectivity index (χ3v) is 3.22. The molecule has 1 N–H and O–H groups in total. The van der Waals surface area contributed by atoms with Crippen molar-refractivity contribution in [1.29, 1.82) is 0 Å². The molecule has 1 atom stereocenters. The first-order valence-electron chi connectivity index (χ1n) is 6.78. The van der Waals surface area contributed by atoms with Crippen LogP contribution < -0.4 is 5.32 Å². The maximum absolute atomic E-state index is 12.0. The van der Waals surface area contributed by atoms with Gasteiger partial charge in [0.2, 0.25) is 0 Å². The van der Waals surface area contributed by atoms with Gasteiger partial charge in [0.15, 0.2) is 0 Å². The Bertz CT molecular complexity index is 423. The highest BCUT2D eigenvalue weighted by Gasteiger charge is 2.24. The smallest absolute Gasteiger partial charge is 0.342 e. The Morgan fingerprint density at radius 1 is 1.61 bits per heavy atom. The van der Waals surface area contributed by atoms with Crippen LogP contribution in [0, 0.1) is 0 Å². The largest absolute Gasteiger partial charge is 0.459 e. The predicted molar refractivity (Wildman–Crippen MR) is 71.9 cm³/mol. The van der Waals surface area contributed by atoms with E-state index in [1.807, 2.05) is 26.1 Å². The normalized spacial score (nSPS) is 18.3. The van der Waals surface area contributed by atoms with Gasteiger partial charge in [0, 0.05) is 18.8 Å². The summed E-state index contributed by atoms with van der Waals surface area (Å²) in [5, 5.41) is 3.46. The number of esters is 1. The minimum Gasteiger partial charge on any atom is -0.459 e. The lowest BCUT2D eigenvalue weighted by atomic mass is 10.1. The monoisotopic (exact) mass is 250 g/mol. The van der Waals surface area contributed by atoms with Crippen LogP contribution in [0.1, 0.15) is 50.4 Å². The van der Waals surface area contributed by atoms with Gasteiger partial charge in [0.1, 0.15) is 11.4 Å². The Hall–Kier alpha value is -1.45. The van der Waals surface area contributed by atoms with Crippen LogP contribution in [-0.2, 0) is 11.3 Å². The molecule has 0 aromatic carbocycles. The van der Waals surface area contributed by atoms with E-state index in [1.54, 1.807) is 0 Å². The molecule has 0 aliphatic carbocycles. The topological polar surface area (TPSA) is 43.3 Å². The molecule has 100 valence electrons. The maximum atomic E-state index is 12.0. The molecule has 1 aliphatic rings. The Morgan fingerprint density at radius 2 is 2.39 bits per heavy atom. The molecule has 1 aliphatic heterocycles. The zero-order valence-corrected chi connectivity index (χ0v) is 11.4. The fraction of sp³-hybridized carbons (Fsp3) is 0.643. The highest BCUT2D eigenvalue weighted by molar-refractivity contribution is 5.95. The Balaban J connectivity index is 2.15. The number of carbonyl (C=O) groups excluding carboxylic acids is 1. The van der Waals surface area contributed by atoms with Gasteiger partial charge in [-0.05, 0) is 32.8 Å². The molecule has 0 spiro atoms. The summed E-state index contributed by atoms with van der Waals surface area (Å²) in [7, 11) is 0. The van der Waals surface area contributed by atoms with Gasteiger partial charge in [0.05, 0.1) is 6.10 Å². The van der Waals surface area contributed by atoms with E-state index >= 15 is 0 Å². The number of aryl methyl sites for hydroxylation is 1. The van der Waals surface area contributed by atoms with Crippen LogP contribution in [0.25, 0.3) is 0 Å². The molecule has 18 heavy (non-hydrogen) atoms. The molecular weight excluding hydrogens is 228 g/mol. The second-order valence-corrected chi connectivity index (χ2v) is 5.14. The van der Waals surface area contributed by atoms with Crippen LogP contribution in [0.5, 0.6) is 0 Å². The Labute approximate surface area is 108 Å². The van der Waals surface area contributed by atoms with E-state index in [1.165, 1.54) is 0 Å². The number of aromatic nitrogens is 1. The maximum Gasteiger partial charge on any atom is 0.342 e. The van der Waals surface area contributed by atoms with Crippen molar-refractivity contribution in [2.75, 3.05) is 5.32 Å². The molecule has 2 heterocycles. The number of carbonyl (C=O) groups is 1. The molecule has 1 aromatic heterocycles. The van der Waals surface area contributed by atoms with E-state index in [-0.39, 0.29) is 12.1 Å². The third-order valence-electron chi connectivity index (χ3n) is 3.22. The fourth-order valence-corrected chi connectivity index (χ4v) is 2.39. The number of hydrogen-bond donors (Lipinski definition) is 1. The molecule has 4 nitrogen and oxygen atoms in total. The van der Waals surface area contributed by atoms with Crippen molar-refractivity contribution in [3.63, 3.8) is 0 Å². The first-order valence-corrected chi connectivity index (χ1v) is 6.78. The number of rotatable bonds is 4. The van der Waals surface area contributed by atoms with Crippen molar-refractivity contribution in [3.05, 3.63) is 17.8 Å². The zero-order valence-electron chi connectivity index (χ0n) is 11.4. The molecule has 1 aromatic rings. The summed E-state index contributed by atoms with van der Waals surface area (Å²) in [6.07, 6.45) is 5.30. The Kier molecular flexibility index (Phi) is 3.94. The number of fused-ring (bicyclic) bond motifs is 1. The second-order valence-electron chi connectivity index (χ2n) is 5.14. The average Bonchev–Trinajstić information content (AvgIpc) is 2.71. The molecule has 0 saturated heterocycles. The highest BCUT2D eigenvalue weighted by atomic mass is 16.5. The van der Waals surface area contributed by atoms with Gasteiger partial charge in [-0.25, -0.2) is 4.79 Å². The first kappa shape index (κ1) is 13.0. The predicted octanol–water partition coefficient (Wildman–Crippen LogP) is 3.04. The lowest BCUT2D eigenvalue weighted by Gasteiger charge is -2.27. The van der Waals surface area contributed by atoms with E-state index in [9.17, 15) is 4.79 Å². The summed E-state index contributed by atoms with van der Waals surface area (Å²) in [5.74, 6) is 0.689. The molecule has 0 radical (unpaired) electrons. The molecule has 1 unspecified atom stereocenters. The van der Waals surface area contributed by atoms with Crippen LogP contribution in [0.15, 0.2) is 12.3 Å². The van der Waals surface area contributed by atoms with Crippen LogP contribution in [0.4, 0.5) is 5.82 Å². The first-order chi connectivity index (χ1) is 8.61. The minimum atomic E-state index is -0.233. The Morgan fingerprint density at radius 3 is 3.06 bits per heavy atom. The molecule has 2 rings (SSSR count). The van der Waals surface area contributed by atoms with Gasteiger partial charge < -0.3 is 14.6 Å². The van der Waals surface area contributed by atoms with Crippen molar-refractivity contribution in [2.45, 2.75) is 58.7 Å².